The van der Waals surface area contributed by atoms with E-state index >= 15 is 0 Å². The Kier molecular flexibility index (Phi) is 29.5. The lowest BCUT2D eigenvalue weighted by Gasteiger charge is -2.41. The summed E-state index contributed by atoms with van der Waals surface area (Å²) in [5.74, 6) is -1.17. The largest absolute Gasteiger partial charge is 0.472 e. The lowest BCUT2D eigenvalue weighted by atomic mass is 9.85. The van der Waals surface area contributed by atoms with Crippen LogP contribution in [0.1, 0.15) is 168 Å². The molecule has 0 bridgehead atoms. The van der Waals surface area contributed by atoms with Crippen LogP contribution in [0.5, 0.6) is 0 Å². The molecule has 60 heavy (non-hydrogen) atoms. The molecule has 2 rings (SSSR count). The minimum atomic E-state index is -5.14. The summed E-state index contributed by atoms with van der Waals surface area (Å²) in [7, 11) is -5.14. The van der Waals surface area contributed by atoms with E-state index in [2.05, 4.69) is 50.3 Å². The number of aliphatic hydroxyl groups excluding tert-OH is 5. The Labute approximate surface area is 359 Å². The van der Waals surface area contributed by atoms with Gasteiger partial charge in [0, 0.05) is 12.8 Å². The van der Waals surface area contributed by atoms with Gasteiger partial charge in [-0.2, -0.15) is 0 Å². The molecule has 1 aliphatic carbocycles. The highest BCUT2D eigenvalue weighted by atomic mass is 31.2. The number of esters is 2. The first-order valence-corrected chi connectivity index (χ1v) is 24.4. The molecule has 5 unspecified atom stereocenters. The van der Waals surface area contributed by atoms with Crippen molar-refractivity contribution in [3.05, 3.63) is 36.5 Å². The van der Waals surface area contributed by atoms with Gasteiger partial charge >= 0.3 is 19.8 Å². The highest BCUT2D eigenvalue weighted by molar-refractivity contribution is 7.47. The van der Waals surface area contributed by atoms with E-state index in [1.54, 1.807) is 0 Å². The number of aliphatic hydroxyl groups is 5. The van der Waals surface area contributed by atoms with Crippen molar-refractivity contribution < 1.29 is 67.8 Å². The fourth-order valence-electron chi connectivity index (χ4n) is 7.08. The molecule has 0 amide bonds. The van der Waals surface area contributed by atoms with E-state index in [1.165, 1.54) is 77.0 Å². The third-order valence-corrected chi connectivity index (χ3v) is 11.9. The molecule has 1 aliphatic heterocycles. The summed E-state index contributed by atoms with van der Waals surface area (Å²) >= 11 is 0. The zero-order valence-corrected chi connectivity index (χ0v) is 37.3. The van der Waals surface area contributed by atoms with Gasteiger partial charge in [-0.1, -0.05) is 140 Å². The Hall–Kier alpha value is -1.97. The van der Waals surface area contributed by atoms with Crippen LogP contribution in [0.4, 0.5) is 0 Å². The number of allylic oxidation sites excluding steroid dienone is 5. The van der Waals surface area contributed by atoms with Crippen LogP contribution in [-0.2, 0) is 37.4 Å². The standard InChI is InChI=1S/C45H79O14P/c1-3-5-7-9-11-13-15-17-19-21-23-25-27-31-38(46)55-33-35(34-56-60(53,54)59-45-43(51)41(49)40(48)42(50)44(45)52)57-39(47)32-28-30-37-36(58-37)29-26-24-22-20-18-16-14-12-10-8-6-4-2/h12,14,18,20,24,26,35-37,40-45,48-52H,3-11,13,15-17,19,21-23,25,27-34H2,1-2H3,(H,53,54)/b14-12-,20-18-,26-24-/t35-,36?,37?,40?,41-,42+,43-,44-,45?/m1/s1. The topological polar surface area (TPSA) is 222 Å². The first kappa shape index (κ1) is 54.2. The van der Waals surface area contributed by atoms with Gasteiger partial charge in [0.1, 0.15) is 43.2 Å². The van der Waals surface area contributed by atoms with Gasteiger partial charge in [0.05, 0.1) is 18.8 Å². The van der Waals surface area contributed by atoms with Crippen LogP contribution in [0.2, 0.25) is 0 Å². The van der Waals surface area contributed by atoms with Gasteiger partial charge in [0.25, 0.3) is 0 Å². The van der Waals surface area contributed by atoms with Gasteiger partial charge in [-0.25, -0.2) is 4.57 Å². The zero-order valence-electron chi connectivity index (χ0n) is 36.4. The summed E-state index contributed by atoms with van der Waals surface area (Å²) in [6.07, 6.45) is 23.6. The number of unbranched alkanes of at least 4 members (excludes halogenated alkanes) is 15. The molecule has 2 fully saturated rings. The molecule has 1 saturated heterocycles. The van der Waals surface area contributed by atoms with Crippen molar-refractivity contribution in [1.82, 2.24) is 0 Å². The van der Waals surface area contributed by atoms with Gasteiger partial charge < -0.3 is 44.6 Å². The second kappa shape index (κ2) is 32.7. The first-order chi connectivity index (χ1) is 28.9. The summed E-state index contributed by atoms with van der Waals surface area (Å²) in [6.45, 7) is 3.20. The molecule has 0 aromatic rings. The number of hydrogen-bond donors (Lipinski definition) is 6. The van der Waals surface area contributed by atoms with Crippen molar-refractivity contribution in [2.45, 2.75) is 223 Å². The third-order valence-electron chi connectivity index (χ3n) is 10.9. The fourth-order valence-corrected chi connectivity index (χ4v) is 8.05. The maximum Gasteiger partial charge on any atom is 0.472 e. The van der Waals surface area contributed by atoms with Crippen LogP contribution in [0.15, 0.2) is 36.5 Å². The van der Waals surface area contributed by atoms with E-state index < -0.39 is 75.7 Å². The van der Waals surface area contributed by atoms with Crippen molar-refractivity contribution in [1.29, 1.82) is 0 Å². The maximum atomic E-state index is 12.8. The maximum absolute atomic E-state index is 12.8. The van der Waals surface area contributed by atoms with Crippen LogP contribution >= 0.6 is 7.82 Å². The Morgan fingerprint density at radius 3 is 1.70 bits per heavy atom. The molecule has 0 aromatic carbocycles. The van der Waals surface area contributed by atoms with E-state index in [0.29, 0.717) is 19.3 Å². The average molecular weight is 875 g/mol. The van der Waals surface area contributed by atoms with Crippen molar-refractivity contribution >= 4 is 19.8 Å². The van der Waals surface area contributed by atoms with Crippen molar-refractivity contribution in [3.63, 3.8) is 0 Å². The summed E-state index contributed by atoms with van der Waals surface area (Å²) in [5.41, 5.74) is 0. The molecule has 1 heterocycles. The van der Waals surface area contributed by atoms with Crippen LogP contribution < -0.4 is 0 Å². The van der Waals surface area contributed by atoms with Crippen LogP contribution in [0, 0.1) is 0 Å². The lowest BCUT2D eigenvalue weighted by molar-refractivity contribution is -0.220. The normalized spacial score (nSPS) is 25.9. The van der Waals surface area contributed by atoms with Crippen molar-refractivity contribution in [3.8, 4) is 0 Å². The minimum Gasteiger partial charge on any atom is -0.462 e. The molecule has 6 N–H and O–H groups in total. The highest BCUT2D eigenvalue weighted by Gasteiger charge is 2.51. The van der Waals surface area contributed by atoms with Crippen molar-refractivity contribution in [2.24, 2.45) is 0 Å². The Balaban J connectivity index is 1.75. The van der Waals surface area contributed by atoms with E-state index in [0.717, 1.165) is 44.9 Å². The molecule has 0 spiro atoms. The SMILES string of the molecule is CCCCC/C=C\C/C=C\C/C=C\CC1OC1CCCC(=O)O[C@H](COC(=O)CCCCCCCCCCCCCCC)COP(=O)(O)OC1[C@H](O)[C@H](O)C(O)[C@H](O)[C@H]1O. The molecule has 14 nitrogen and oxygen atoms in total. The summed E-state index contributed by atoms with van der Waals surface area (Å²) in [5, 5.41) is 50.2. The second-order valence-corrected chi connectivity index (χ2v) is 17.7. The smallest absolute Gasteiger partial charge is 0.462 e. The number of hydrogen-bond acceptors (Lipinski definition) is 13. The van der Waals surface area contributed by atoms with Crippen LogP contribution in [0.3, 0.4) is 0 Å². The Bertz CT molecular complexity index is 1260. The van der Waals surface area contributed by atoms with E-state index in [9.17, 15) is 44.6 Å². The molecule has 10 atom stereocenters. The number of carbonyl (C=O) groups excluding carboxylic acids is 2. The molecule has 0 aromatic heterocycles. The van der Waals surface area contributed by atoms with Gasteiger partial charge in [-0.3, -0.25) is 18.6 Å². The third kappa shape index (κ3) is 24.6. The Morgan fingerprint density at radius 2 is 1.10 bits per heavy atom. The molecule has 348 valence electrons. The molecular weight excluding hydrogens is 795 g/mol. The van der Waals surface area contributed by atoms with Crippen molar-refractivity contribution in [2.75, 3.05) is 13.2 Å². The number of epoxide rings is 1. The van der Waals surface area contributed by atoms with Gasteiger partial charge in [-0.05, 0) is 51.4 Å². The lowest BCUT2D eigenvalue weighted by Crippen LogP contribution is -2.64. The molecule has 15 heteroatoms. The predicted octanol–water partition coefficient (Wildman–Crippen LogP) is 7.60. The number of rotatable bonds is 36. The monoisotopic (exact) mass is 875 g/mol. The highest BCUT2D eigenvalue weighted by Crippen LogP contribution is 2.47. The van der Waals surface area contributed by atoms with E-state index in [1.807, 2.05) is 0 Å². The molecule has 1 saturated carbocycles. The number of phosphoric ester groups is 1. The number of phosphoric acid groups is 1. The summed E-state index contributed by atoms with van der Waals surface area (Å²) in [4.78, 5) is 35.8. The average Bonchev–Trinajstić information content (AvgIpc) is 3.98. The fraction of sp³-hybridized carbons (Fsp3) is 0.822. The van der Waals surface area contributed by atoms with Gasteiger partial charge in [0.2, 0.25) is 0 Å². The first-order valence-electron chi connectivity index (χ1n) is 22.9. The van der Waals surface area contributed by atoms with E-state index in [-0.39, 0.29) is 25.0 Å². The molecular formula is C45H79O14P. The van der Waals surface area contributed by atoms with Crippen LogP contribution in [0.25, 0.3) is 0 Å². The minimum absolute atomic E-state index is 0.00944. The Morgan fingerprint density at radius 1 is 0.600 bits per heavy atom. The van der Waals surface area contributed by atoms with Crippen LogP contribution in [-0.4, -0.2) is 111 Å². The molecule has 2 aliphatic rings. The van der Waals surface area contributed by atoms with Gasteiger partial charge in [-0.15, -0.1) is 0 Å². The predicted molar refractivity (Wildman–Crippen MR) is 230 cm³/mol. The van der Waals surface area contributed by atoms with Gasteiger partial charge in [0.15, 0.2) is 6.10 Å². The zero-order chi connectivity index (χ0) is 44.0. The summed E-state index contributed by atoms with van der Waals surface area (Å²) < 4.78 is 39.3. The quantitative estimate of drug-likeness (QED) is 0.0117. The molecule has 0 radical (unpaired) electrons. The number of ether oxygens (including phenoxy) is 3. The van der Waals surface area contributed by atoms with E-state index in [4.69, 9.17) is 23.3 Å². The second-order valence-electron chi connectivity index (χ2n) is 16.3. The number of carbonyl (C=O) groups is 2. The summed E-state index contributed by atoms with van der Waals surface area (Å²) in [6, 6.07) is 0.